The molecular formula is C18H19F3N4. The highest BCUT2D eigenvalue weighted by atomic mass is 19.4. The largest absolute Gasteiger partial charge is 0.395 e. The third kappa shape index (κ3) is 3.99. The van der Waals surface area contributed by atoms with E-state index < -0.39 is 12.1 Å². The van der Waals surface area contributed by atoms with E-state index in [4.69, 9.17) is 0 Å². The summed E-state index contributed by atoms with van der Waals surface area (Å²) in [6.45, 7) is 2.38. The summed E-state index contributed by atoms with van der Waals surface area (Å²) in [5.74, 6) is -0.637. The Balaban J connectivity index is 1.66. The molecule has 3 aromatic rings. The van der Waals surface area contributed by atoms with Crippen molar-refractivity contribution in [2.24, 2.45) is 0 Å². The number of hydrogen-bond acceptors (Lipinski definition) is 3. The van der Waals surface area contributed by atoms with Gasteiger partial charge in [0.1, 0.15) is 0 Å². The van der Waals surface area contributed by atoms with Crippen molar-refractivity contribution in [3.63, 3.8) is 0 Å². The summed E-state index contributed by atoms with van der Waals surface area (Å²) >= 11 is 0. The zero-order valence-corrected chi connectivity index (χ0v) is 14.0. The van der Waals surface area contributed by atoms with E-state index in [0.717, 1.165) is 17.0 Å². The average Bonchev–Trinajstić information content (AvgIpc) is 2.97. The lowest BCUT2D eigenvalue weighted by atomic mass is 9.99. The molecule has 3 rings (SSSR count). The van der Waals surface area contributed by atoms with Gasteiger partial charge in [-0.05, 0) is 37.2 Å². The van der Waals surface area contributed by atoms with Crippen molar-refractivity contribution in [2.75, 3.05) is 7.05 Å². The van der Waals surface area contributed by atoms with Crippen LogP contribution in [0.15, 0.2) is 48.7 Å². The van der Waals surface area contributed by atoms with Gasteiger partial charge in [-0.3, -0.25) is 9.30 Å². The molecule has 0 spiro atoms. The zero-order chi connectivity index (χ0) is 18.0. The zero-order valence-electron chi connectivity index (χ0n) is 14.0. The topological polar surface area (TPSA) is 33.4 Å². The molecule has 0 aliphatic carbocycles. The Morgan fingerprint density at radius 3 is 2.44 bits per heavy atom. The first kappa shape index (κ1) is 17.4. The van der Waals surface area contributed by atoms with Crippen molar-refractivity contribution in [3.05, 3.63) is 65.6 Å². The molecule has 0 aliphatic rings. The van der Waals surface area contributed by atoms with Gasteiger partial charge in [0, 0.05) is 12.7 Å². The van der Waals surface area contributed by atoms with Crippen molar-refractivity contribution < 1.29 is 13.2 Å². The van der Waals surface area contributed by atoms with Crippen LogP contribution in [0.5, 0.6) is 0 Å². The summed E-state index contributed by atoms with van der Waals surface area (Å²) in [7, 11) is 1.94. The van der Waals surface area contributed by atoms with Gasteiger partial charge in [0.15, 0.2) is 11.5 Å². The SMILES string of the molecule is CC(c1ccc(CN(C)Cc2nnc3ccccn23)cc1)C(F)(F)F. The Bertz CT molecular complexity index is 839. The fourth-order valence-electron chi connectivity index (χ4n) is 2.71. The summed E-state index contributed by atoms with van der Waals surface area (Å²) in [6.07, 6.45) is -2.31. The first-order valence-electron chi connectivity index (χ1n) is 7.97. The van der Waals surface area contributed by atoms with Crippen molar-refractivity contribution in [2.45, 2.75) is 32.1 Å². The number of alkyl halides is 3. The second-order valence-corrected chi connectivity index (χ2v) is 6.22. The fraction of sp³-hybridized carbons (Fsp3) is 0.333. The van der Waals surface area contributed by atoms with Crippen LogP contribution in [0.1, 0.15) is 29.8 Å². The number of fused-ring (bicyclic) bond motifs is 1. The van der Waals surface area contributed by atoms with Gasteiger partial charge in [-0.2, -0.15) is 13.2 Å². The molecule has 2 aromatic heterocycles. The molecule has 0 radical (unpaired) electrons. The summed E-state index contributed by atoms with van der Waals surface area (Å²) < 4.78 is 40.2. The van der Waals surface area contributed by atoms with Crippen LogP contribution in [-0.2, 0) is 13.1 Å². The van der Waals surface area contributed by atoms with E-state index in [0.29, 0.717) is 13.1 Å². The van der Waals surface area contributed by atoms with Crippen LogP contribution < -0.4 is 0 Å². The van der Waals surface area contributed by atoms with E-state index in [-0.39, 0.29) is 5.56 Å². The van der Waals surface area contributed by atoms with Gasteiger partial charge in [-0.15, -0.1) is 10.2 Å². The van der Waals surface area contributed by atoms with E-state index in [9.17, 15) is 13.2 Å². The minimum atomic E-state index is -4.22. The van der Waals surface area contributed by atoms with Crippen LogP contribution in [-0.4, -0.2) is 32.7 Å². The van der Waals surface area contributed by atoms with Gasteiger partial charge in [-0.1, -0.05) is 30.3 Å². The standard InChI is InChI=1S/C18H19F3N4/c1-13(18(19,20)21)15-8-6-14(7-9-15)11-24(2)12-17-23-22-16-5-3-4-10-25(16)17/h3-10,13H,11-12H2,1-2H3. The van der Waals surface area contributed by atoms with Crippen molar-refractivity contribution in [1.82, 2.24) is 19.5 Å². The molecule has 1 aromatic carbocycles. The molecule has 4 nitrogen and oxygen atoms in total. The molecule has 0 bridgehead atoms. The molecule has 25 heavy (non-hydrogen) atoms. The first-order valence-corrected chi connectivity index (χ1v) is 7.97. The van der Waals surface area contributed by atoms with E-state index >= 15 is 0 Å². The highest BCUT2D eigenvalue weighted by Crippen LogP contribution is 2.34. The van der Waals surface area contributed by atoms with Gasteiger partial charge in [0.2, 0.25) is 0 Å². The molecule has 0 amide bonds. The maximum atomic E-state index is 12.8. The van der Waals surface area contributed by atoms with Gasteiger partial charge in [0.05, 0.1) is 12.5 Å². The maximum absolute atomic E-state index is 12.8. The number of rotatable bonds is 5. The maximum Gasteiger partial charge on any atom is 0.395 e. The van der Waals surface area contributed by atoms with Crippen LogP contribution in [0.2, 0.25) is 0 Å². The van der Waals surface area contributed by atoms with Crippen LogP contribution in [0.25, 0.3) is 5.65 Å². The molecule has 7 heteroatoms. The number of nitrogens with zero attached hydrogens (tertiary/aromatic N) is 4. The minimum absolute atomic E-state index is 0.280. The number of halogens is 3. The number of pyridine rings is 1. The number of benzene rings is 1. The summed E-state index contributed by atoms with van der Waals surface area (Å²) in [4.78, 5) is 2.05. The van der Waals surface area contributed by atoms with E-state index in [1.165, 1.54) is 6.92 Å². The monoisotopic (exact) mass is 348 g/mol. The van der Waals surface area contributed by atoms with Crippen LogP contribution >= 0.6 is 0 Å². The Hall–Kier alpha value is -2.41. The minimum Gasteiger partial charge on any atom is -0.295 e. The Kier molecular flexibility index (Phi) is 4.76. The molecular weight excluding hydrogens is 329 g/mol. The van der Waals surface area contributed by atoms with E-state index in [1.807, 2.05) is 40.7 Å². The van der Waals surface area contributed by atoms with Gasteiger partial charge in [0.25, 0.3) is 0 Å². The van der Waals surface area contributed by atoms with Crippen molar-refractivity contribution >= 4 is 5.65 Å². The van der Waals surface area contributed by atoms with Crippen LogP contribution in [0, 0.1) is 0 Å². The Labute approximate surface area is 143 Å². The van der Waals surface area contributed by atoms with Crippen molar-refractivity contribution in [3.8, 4) is 0 Å². The second kappa shape index (κ2) is 6.84. The van der Waals surface area contributed by atoms with Gasteiger partial charge >= 0.3 is 6.18 Å². The lowest BCUT2D eigenvalue weighted by Crippen LogP contribution is -2.19. The normalized spacial score (nSPS) is 13.5. The van der Waals surface area contributed by atoms with Crippen LogP contribution in [0.3, 0.4) is 0 Å². The summed E-state index contributed by atoms with van der Waals surface area (Å²) in [6, 6.07) is 12.3. The lowest BCUT2D eigenvalue weighted by molar-refractivity contribution is -0.146. The third-order valence-electron chi connectivity index (χ3n) is 4.22. The van der Waals surface area contributed by atoms with Crippen LogP contribution in [0.4, 0.5) is 13.2 Å². The predicted molar refractivity (Wildman–Crippen MR) is 89.1 cm³/mol. The molecule has 2 heterocycles. The number of aromatic nitrogens is 3. The van der Waals surface area contributed by atoms with Gasteiger partial charge < -0.3 is 0 Å². The molecule has 0 fully saturated rings. The second-order valence-electron chi connectivity index (χ2n) is 6.22. The first-order chi connectivity index (χ1) is 11.8. The highest BCUT2D eigenvalue weighted by molar-refractivity contribution is 5.37. The molecule has 1 unspecified atom stereocenters. The lowest BCUT2D eigenvalue weighted by Gasteiger charge is -2.18. The molecule has 0 saturated heterocycles. The molecule has 1 atom stereocenters. The average molecular weight is 348 g/mol. The fourth-order valence-corrected chi connectivity index (χ4v) is 2.71. The molecule has 0 aliphatic heterocycles. The third-order valence-corrected chi connectivity index (χ3v) is 4.22. The number of hydrogen-bond donors (Lipinski definition) is 0. The molecule has 0 N–H and O–H groups in total. The van der Waals surface area contributed by atoms with Crippen molar-refractivity contribution in [1.29, 1.82) is 0 Å². The van der Waals surface area contributed by atoms with E-state index in [2.05, 4.69) is 10.2 Å². The Morgan fingerprint density at radius 2 is 1.76 bits per heavy atom. The Morgan fingerprint density at radius 1 is 1.04 bits per heavy atom. The summed E-state index contributed by atoms with van der Waals surface area (Å²) in [5.41, 5.74) is 2.02. The highest BCUT2D eigenvalue weighted by Gasteiger charge is 2.36. The van der Waals surface area contributed by atoms with Gasteiger partial charge in [-0.25, -0.2) is 0 Å². The predicted octanol–water partition coefficient (Wildman–Crippen LogP) is 4.03. The molecule has 0 saturated carbocycles. The molecule has 132 valence electrons. The quantitative estimate of drug-likeness (QED) is 0.698. The smallest absolute Gasteiger partial charge is 0.295 e. The summed E-state index contributed by atoms with van der Waals surface area (Å²) in [5, 5.41) is 8.30. The van der Waals surface area contributed by atoms with E-state index in [1.54, 1.807) is 24.3 Å².